The van der Waals surface area contributed by atoms with Crippen LogP contribution in [-0.2, 0) is 18.3 Å². The van der Waals surface area contributed by atoms with Gasteiger partial charge >= 0.3 is 5.97 Å². The number of carbonyl (C=O) groups is 1. The zero-order valence-electron chi connectivity index (χ0n) is 12.6. The minimum Gasteiger partial charge on any atom is -0.478 e. The molecule has 0 bridgehead atoms. The van der Waals surface area contributed by atoms with Crippen LogP contribution >= 0.6 is 0 Å². The molecule has 0 saturated carbocycles. The lowest BCUT2D eigenvalue weighted by molar-refractivity contribution is -0.0586. The first-order valence-electron chi connectivity index (χ1n) is 7.45. The highest BCUT2D eigenvalue weighted by atomic mass is 16.5. The van der Waals surface area contributed by atoms with Crippen molar-refractivity contribution >= 4 is 17.0 Å². The van der Waals surface area contributed by atoms with Gasteiger partial charge in [0.25, 0.3) is 0 Å². The summed E-state index contributed by atoms with van der Waals surface area (Å²) in [6, 6.07) is 5.26. The van der Waals surface area contributed by atoms with E-state index in [0.29, 0.717) is 17.8 Å². The molecule has 1 saturated heterocycles. The van der Waals surface area contributed by atoms with Crippen molar-refractivity contribution in [3.63, 3.8) is 0 Å². The fourth-order valence-corrected chi connectivity index (χ4v) is 2.85. The summed E-state index contributed by atoms with van der Waals surface area (Å²) in [5, 5.41) is 13.9. The molecule has 1 atom stereocenters. The first-order chi connectivity index (χ1) is 11.1. The minimum atomic E-state index is -0.972. The molecule has 1 aromatic carbocycles. The number of hydrogen-bond acceptors (Lipinski definition) is 4. The van der Waals surface area contributed by atoms with Gasteiger partial charge in [-0.05, 0) is 24.6 Å². The van der Waals surface area contributed by atoms with Crippen LogP contribution in [0.25, 0.3) is 22.3 Å². The van der Waals surface area contributed by atoms with E-state index in [-0.39, 0.29) is 11.7 Å². The number of imidazole rings is 1. The van der Waals surface area contributed by atoms with Crippen LogP contribution in [0.1, 0.15) is 16.8 Å². The number of carboxylic acid groups (broad SMARTS) is 1. The number of aromatic nitrogens is 4. The molecule has 1 fully saturated rings. The average Bonchev–Trinajstić information content (AvgIpc) is 3.07. The fraction of sp³-hybridized carbons (Fsp3) is 0.312. The van der Waals surface area contributed by atoms with Crippen molar-refractivity contribution in [1.29, 1.82) is 0 Å². The molecule has 23 heavy (non-hydrogen) atoms. The van der Waals surface area contributed by atoms with Crippen LogP contribution in [0.3, 0.4) is 0 Å². The van der Waals surface area contributed by atoms with E-state index in [0.717, 1.165) is 24.1 Å². The summed E-state index contributed by atoms with van der Waals surface area (Å²) in [6.45, 7) is 1.49. The lowest BCUT2D eigenvalue weighted by Crippen LogP contribution is -2.30. The Labute approximate surface area is 132 Å². The third-order valence-corrected chi connectivity index (χ3v) is 4.17. The summed E-state index contributed by atoms with van der Waals surface area (Å²) >= 11 is 0. The lowest BCUT2D eigenvalue weighted by Gasteiger charge is -2.26. The molecular weight excluding hydrogens is 296 g/mol. The van der Waals surface area contributed by atoms with Crippen LogP contribution in [0.4, 0.5) is 0 Å². The number of carboxylic acids is 1. The Kier molecular flexibility index (Phi) is 3.16. The largest absolute Gasteiger partial charge is 0.478 e. The fourth-order valence-electron chi connectivity index (χ4n) is 2.85. The standard InChI is InChI=1S/C16H16N4O3/c1-19-4-2-13(18-19)11-6-14-15(7-12(11)16(21)22)20(9-17-14)8-10-3-5-23-10/h2,4,6-7,9-10H,3,5,8H2,1H3,(H,21,22)/t10-/m0/s1. The molecule has 7 heteroatoms. The number of aromatic carboxylic acids is 1. The highest BCUT2D eigenvalue weighted by Crippen LogP contribution is 2.28. The summed E-state index contributed by atoms with van der Waals surface area (Å²) in [7, 11) is 1.80. The maximum Gasteiger partial charge on any atom is 0.336 e. The van der Waals surface area contributed by atoms with Crippen molar-refractivity contribution < 1.29 is 14.6 Å². The summed E-state index contributed by atoms with van der Waals surface area (Å²) in [6.07, 6.45) is 4.74. The maximum atomic E-state index is 11.7. The van der Waals surface area contributed by atoms with Crippen molar-refractivity contribution in [3.05, 3.63) is 36.3 Å². The molecule has 1 aliphatic heterocycles. The zero-order chi connectivity index (χ0) is 16.0. The molecule has 3 heterocycles. The van der Waals surface area contributed by atoms with Crippen molar-refractivity contribution in [2.24, 2.45) is 7.05 Å². The highest BCUT2D eigenvalue weighted by molar-refractivity contribution is 6.00. The van der Waals surface area contributed by atoms with E-state index < -0.39 is 5.97 Å². The van der Waals surface area contributed by atoms with Gasteiger partial charge in [0, 0.05) is 25.4 Å². The van der Waals surface area contributed by atoms with E-state index in [1.54, 1.807) is 42.5 Å². The van der Waals surface area contributed by atoms with E-state index in [2.05, 4.69) is 10.1 Å². The first-order valence-corrected chi connectivity index (χ1v) is 7.45. The number of hydrogen-bond donors (Lipinski definition) is 1. The van der Waals surface area contributed by atoms with Crippen LogP contribution in [-0.4, -0.2) is 43.1 Å². The van der Waals surface area contributed by atoms with Crippen LogP contribution in [0.2, 0.25) is 0 Å². The number of aryl methyl sites for hydroxylation is 1. The van der Waals surface area contributed by atoms with Gasteiger partial charge in [-0.15, -0.1) is 0 Å². The van der Waals surface area contributed by atoms with E-state index >= 15 is 0 Å². The van der Waals surface area contributed by atoms with E-state index in [9.17, 15) is 9.90 Å². The Hall–Kier alpha value is -2.67. The average molecular weight is 312 g/mol. The Balaban J connectivity index is 1.84. The highest BCUT2D eigenvalue weighted by Gasteiger charge is 2.21. The predicted molar refractivity (Wildman–Crippen MR) is 83.3 cm³/mol. The molecule has 118 valence electrons. The van der Waals surface area contributed by atoms with Crippen molar-refractivity contribution in [1.82, 2.24) is 19.3 Å². The van der Waals surface area contributed by atoms with Crippen molar-refractivity contribution in [2.45, 2.75) is 19.1 Å². The molecule has 1 N–H and O–H groups in total. The van der Waals surface area contributed by atoms with Gasteiger partial charge in [-0.1, -0.05) is 0 Å². The van der Waals surface area contributed by atoms with E-state index in [1.165, 1.54) is 0 Å². The van der Waals surface area contributed by atoms with Gasteiger partial charge in [-0.3, -0.25) is 4.68 Å². The smallest absolute Gasteiger partial charge is 0.336 e. The monoisotopic (exact) mass is 312 g/mol. The third kappa shape index (κ3) is 2.39. The van der Waals surface area contributed by atoms with E-state index in [1.807, 2.05) is 4.57 Å². The predicted octanol–water partition coefficient (Wildman–Crippen LogP) is 1.92. The normalized spacial score (nSPS) is 17.3. The van der Waals surface area contributed by atoms with Gasteiger partial charge in [0.1, 0.15) is 0 Å². The molecule has 0 amide bonds. The second-order valence-corrected chi connectivity index (χ2v) is 5.74. The maximum absolute atomic E-state index is 11.7. The molecule has 1 aliphatic rings. The first kappa shape index (κ1) is 14.0. The summed E-state index contributed by atoms with van der Waals surface area (Å²) in [5.41, 5.74) is 3.00. The van der Waals surface area contributed by atoms with Crippen molar-refractivity contribution in [2.75, 3.05) is 6.61 Å². The number of fused-ring (bicyclic) bond motifs is 1. The van der Waals surface area contributed by atoms with Gasteiger partial charge < -0.3 is 14.4 Å². The second-order valence-electron chi connectivity index (χ2n) is 5.74. The summed E-state index contributed by atoms with van der Waals surface area (Å²) in [5.74, 6) is -0.972. The second kappa shape index (κ2) is 5.20. The van der Waals surface area contributed by atoms with E-state index in [4.69, 9.17) is 4.74 Å². The Morgan fingerprint density at radius 2 is 2.30 bits per heavy atom. The molecular formula is C16H16N4O3. The molecule has 7 nitrogen and oxygen atoms in total. The van der Waals surface area contributed by atoms with Crippen LogP contribution in [0.5, 0.6) is 0 Å². The molecule has 3 aromatic rings. The molecule has 2 aromatic heterocycles. The summed E-state index contributed by atoms with van der Waals surface area (Å²) < 4.78 is 9.05. The van der Waals surface area contributed by atoms with Crippen molar-refractivity contribution in [3.8, 4) is 11.3 Å². The van der Waals surface area contributed by atoms with Gasteiger partial charge in [0.15, 0.2) is 0 Å². The molecule has 0 spiro atoms. The van der Waals surface area contributed by atoms with Gasteiger partial charge in [-0.25, -0.2) is 9.78 Å². The van der Waals surface area contributed by atoms with Crippen LogP contribution in [0, 0.1) is 0 Å². The quantitative estimate of drug-likeness (QED) is 0.796. The minimum absolute atomic E-state index is 0.191. The number of benzene rings is 1. The number of nitrogens with zero attached hydrogens (tertiary/aromatic N) is 4. The zero-order valence-corrected chi connectivity index (χ0v) is 12.6. The molecule has 0 unspecified atom stereocenters. The Bertz CT molecular complexity index is 892. The van der Waals surface area contributed by atoms with Gasteiger partial charge in [0.2, 0.25) is 0 Å². The number of ether oxygens (including phenoxy) is 1. The Morgan fingerprint density at radius 1 is 1.48 bits per heavy atom. The SMILES string of the molecule is Cn1ccc(-c2cc3ncn(C[C@@H]4CCO4)c3cc2C(=O)O)n1. The molecule has 0 aliphatic carbocycles. The Morgan fingerprint density at radius 3 is 2.91 bits per heavy atom. The third-order valence-electron chi connectivity index (χ3n) is 4.17. The lowest BCUT2D eigenvalue weighted by atomic mass is 10.0. The van der Waals surface area contributed by atoms with Gasteiger partial charge in [0.05, 0.1) is 41.3 Å². The molecule has 0 radical (unpaired) electrons. The summed E-state index contributed by atoms with van der Waals surface area (Å²) in [4.78, 5) is 16.1. The van der Waals surface area contributed by atoms with Gasteiger partial charge in [-0.2, -0.15) is 5.10 Å². The van der Waals surface area contributed by atoms with Crippen LogP contribution in [0.15, 0.2) is 30.7 Å². The van der Waals surface area contributed by atoms with Crippen LogP contribution < -0.4 is 0 Å². The molecule has 4 rings (SSSR count). The topological polar surface area (TPSA) is 82.2 Å². The number of rotatable bonds is 4.